The van der Waals surface area contributed by atoms with Gasteiger partial charge in [-0.05, 0) is 36.6 Å². The van der Waals surface area contributed by atoms with Crippen LogP contribution in [-0.2, 0) is 11.3 Å². The van der Waals surface area contributed by atoms with E-state index in [0.29, 0.717) is 23.6 Å². The van der Waals surface area contributed by atoms with Gasteiger partial charge in [0.15, 0.2) is 11.5 Å². The van der Waals surface area contributed by atoms with E-state index >= 15 is 0 Å². The van der Waals surface area contributed by atoms with Gasteiger partial charge in [-0.3, -0.25) is 9.59 Å². The van der Waals surface area contributed by atoms with Gasteiger partial charge in [-0.25, -0.2) is 0 Å². The fourth-order valence-electron chi connectivity index (χ4n) is 2.92. The van der Waals surface area contributed by atoms with Crippen LogP contribution in [0.4, 0.5) is 0 Å². The first-order valence-corrected chi connectivity index (χ1v) is 8.96. The Kier molecular flexibility index (Phi) is 5.96. The number of nitrogens with zero attached hydrogens (tertiary/aromatic N) is 1. The molecule has 1 aliphatic rings. The van der Waals surface area contributed by atoms with E-state index in [2.05, 4.69) is 5.32 Å². The van der Waals surface area contributed by atoms with E-state index in [4.69, 9.17) is 9.47 Å². The van der Waals surface area contributed by atoms with E-state index in [1.165, 1.54) is 14.2 Å². The molecule has 2 aromatic rings. The zero-order valence-corrected chi connectivity index (χ0v) is 15.6. The molecular formula is C21H24N2O4. The highest BCUT2D eigenvalue weighted by Gasteiger charge is 2.32. The lowest BCUT2D eigenvalue weighted by molar-refractivity contribution is -0.131. The summed E-state index contributed by atoms with van der Waals surface area (Å²) in [5.74, 6) is 0.628. The molecule has 0 aliphatic heterocycles. The van der Waals surface area contributed by atoms with E-state index in [-0.39, 0.29) is 24.4 Å². The van der Waals surface area contributed by atoms with E-state index in [9.17, 15) is 9.59 Å². The Hall–Kier alpha value is -3.02. The zero-order valence-electron chi connectivity index (χ0n) is 15.6. The van der Waals surface area contributed by atoms with Crippen LogP contribution in [-0.4, -0.2) is 43.5 Å². The molecule has 1 fully saturated rings. The molecule has 1 N–H and O–H groups in total. The van der Waals surface area contributed by atoms with Crippen molar-refractivity contribution in [3.63, 3.8) is 0 Å². The number of hydrogen-bond acceptors (Lipinski definition) is 4. The van der Waals surface area contributed by atoms with Crippen LogP contribution in [0.2, 0.25) is 0 Å². The van der Waals surface area contributed by atoms with Crippen molar-refractivity contribution >= 4 is 11.8 Å². The molecule has 3 rings (SSSR count). The highest BCUT2D eigenvalue weighted by Crippen LogP contribution is 2.29. The molecule has 0 unspecified atom stereocenters. The summed E-state index contributed by atoms with van der Waals surface area (Å²) in [5, 5.41) is 2.71. The first kappa shape index (κ1) is 18.8. The maximum Gasteiger partial charge on any atom is 0.251 e. The van der Waals surface area contributed by atoms with Crippen LogP contribution >= 0.6 is 0 Å². The average molecular weight is 368 g/mol. The molecular weight excluding hydrogens is 344 g/mol. The predicted octanol–water partition coefficient (Wildman–Crippen LogP) is 2.62. The molecule has 6 nitrogen and oxygen atoms in total. The third kappa shape index (κ3) is 4.78. The molecule has 0 atom stereocenters. The second-order valence-electron chi connectivity index (χ2n) is 6.49. The Morgan fingerprint density at radius 1 is 1.04 bits per heavy atom. The molecule has 6 heteroatoms. The van der Waals surface area contributed by atoms with Crippen molar-refractivity contribution < 1.29 is 19.1 Å². The summed E-state index contributed by atoms with van der Waals surface area (Å²) < 4.78 is 10.4. The number of amides is 2. The van der Waals surface area contributed by atoms with Crippen molar-refractivity contribution in [2.45, 2.75) is 25.4 Å². The van der Waals surface area contributed by atoms with Gasteiger partial charge in [0.05, 0.1) is 20.8 Å². The van der Waals surface area contributed by atoms with Crippen molar-refractivity contribution in [2.24, 2.45) is 0 Å². The highest BCUT2D eigenvalue weighted by atomic mass is 16.5. The summed E-state index contributed by atoms with van der Waals surface area (Å²) in [6.07, 6.45) is 2.03. The number of nitrogens with one attached hydrogen (secondary N) is 1. The van der Waals surface area contributed by atoms with Gasteiger partial charge in [0.25, 0.3) is 5.91 Å². The van der Waals surface area contributed by atoms with Gasteiger partial charge < -0.3 is 19.7 Å². The van der Waals surface area contributed by atoms with E-state index in [1.54, 1.807) is 18.2 Å². The quantitative estimate of drug-likeness (QED) is 0.778. The lowest BCUT2D eigenvalue weighted by Gasteiger charge is -2.23. The Bertz CT molecular complexity index is 803. The van der Waals surface area contributed by atoms with Crippen LogP contribution in [0, 0.1) is 0 Å². The van der Waals surface area contributed by atoms with Crippen LogP contribution in [0.25, 0.3) is 0 Å². The molecule has 0 spiro atoms. The zero-order chi connectivity index (χ0) is 19.2. The standard InChI is InChI=1S/C21H24N2O4/c1-26-18-11-8-16(12-19(18)27-2)21(25)22-13-20(24)23(17-9-10-17)14-15-6-4-3-5-7-15/h3-8,11-12,17H,9-10,13-14H2,1-2H3,(H,22,25). The van der Waals surface area contributed by atoms with Crippen LogP contribution in [0.5, 0.6) is 11.5 Å². The number of rotatable bonds is 8. The minimum atomic E-state index is -0.320. The first-order valence-electron chi connectivity index (χ1n) is 8.96. The summed E-state index contributed by atoms with van der Waals surface area (Å²) in [4.78, 5) is 26.9. The largest absolute Gasteiger partial charge is 0.493 e. The molecule has 142 valence electrons. The fraction of sp³-hybridized carbons (Fsp3) is 0.333. The Morgan fingerprint density at radius 2 is 1.74 bits per heavy atom. The summed E-state index contributed by atoms with van der Waals surface area (Å²) in [6, 6.07) is 15.1. The minimum Gasteiger partial charge on any atom is -0.493 e. The van der Waals surface area contributed by atoms with Crippen molar-refractivity contribution in [3.05, 3.63) is 59.7 Å². The van der Waals surface area contributed by atoms with Crippen molar-refractivity contribution in [2.75, 3.05) is 20.8 Å². The molecule has 0 aromatic heterocycles. The summed E-state index contributed by atoms with van der Waals surface area (Å²) >= 11 is 0. The van der Waals surface area contributed by atoms with E-state index < -0.39 is 0 Å². The molecule has 2 amide bonds. The number of hydrogen-bond donors (Lipinski definition) is 1. The van der Waals surface area contributed by atoms with E-state index in [0.717, 1.165) is 18.4 Å². The summed E-state index contributed by atoms with van der Waals surface area (Å²) in [7, 11) is 3.05. The second kappa shape index (κ2) is 8.58. The van der Waals surface area contributed by atoms with Crippen molar-refractivity contribution in [1.29, 1.82) is 0 Å². The lowest BCUT2D eigenvalue weighted by Crippen LogP contribution is -2.41. The fourth-order valence-corrected chi connectivity index (χ4v) is 2.92. The molecule has 27 heavy (non-hydrogen) atoms. The van der Waals surface area contributed by atoms with Crippen LogP contribution in [0.15, 0.2) is 48.5 Å². The number of carbonyl (C=O) groups is 2. The first-order chi connectivity index (χ1) is 13.1. The van der Waals surface area contributed by atoms with Crippen LogP contribution in [0.1, 0.15) is 28.8 Å². The van der Waals surface area contributed by atoms with Crippen LogP contribution in [0.3, 0.4) is 0 Å². The van der Waals surface area contributed by atoms with Crippen molar-refractivity contribution in [1.82, 2.24) is 10.2 Å². The van der Waals surface area contributed by atoms with Gasteiger partial charge in [-0.1, -0.05) is 30.3 Å². The van der Waals surface area contributed by atoms with Gasteiger partial charge in [0.1, 0.15) is 0 Å². The third-order valence-electron chi connectivity index (χ3n) is 4.55. The van der Waals surface area contributed by atoms with Gasteiger partial charge in [-0.2, -0.15) is 0 Å². The monoisotopic (exact) mass is 368 g/mol. The lowest BCUT2D eigenvalue weighted by atomic mass is 10.2. The number of ether oxygens (including phenoxy) is 2. The smallest absolute Gasteiger partial charge is 0.251 e. The second-order valence-corrected chi connectivity index (χ2v) is 6.49. The Labute approximate surface area is 159 Å². The molecule has 1 saturated carbocycles. The van der Waals surface area contributed by atoms with Gasteiger partial charge in [0.2, 0.25) is 5.91 Å². The topological polar surface area (TPSA) is 67.9 Å². The number of methoxy groups -OCH3 is 2. The third-order valence-corrected chi connectivity index (χ3v) is 4.55. The molecule has 1 aliphatic carbocycles. The van der Waals surface area contributed by atoms with Crippen molar-refractivity contribution in [3.8, 4) is 11.5 Å². The minimum absolute atomic E-state index is 0.0312. The number of carbonyl (C=O) groups excluding carboxylic acids is 2. The van der Waals surface area contributed by atoms with Gasteiger partial charge in [-0.15, -0.1) is 0 Å². The average Bonchev–Trinajstić information content (AvgIpc) is 3.55. The van der Waals surface area contributed by atoms with E-state index in [1.807, 2.05) is 35.2 Å². The normalized spacial score (nSPS) is 13.0. The summed E-state index contributed by atoms with van der Waals surface area (Å²) in [6.45, 7) is 0.535. The van der Waals surface area contributed by atoms with Gasteiger partial charge in [0, 0.05) is 18.2 Å². The Morgan fingerprint density at radius 3 is 2.37 bits per heavy atom. The summed E-state index contributed by atoms with van der Waals surface area (Å²) in [5.41, 5.74) is 1.51. The Balaban J connectivity index is 1.61. The van der Waals surface area contributed by atoms with Gasteiger partial charge >= 0.3 is 0 Å². The SMILES string of the molecule is COc1ccc(C(=O)NCC(=O)N(Cc2ccccc2)C2CC2)cc1OC. The molecule has 0 radical (unpaired) electrons. The molecule has 0 bridgehead atoms. The molecule has 0 saturated heterocycles. The number of benzene rings is 2. The van der Waals surface area contributed by atoms with Crippen LogP contribution < -0.4 is 14.8 Å². The maximum atomic E-state index is 12.7. The molecule has 2 aromatic carbocycles. The predicted molar refractivity (Wildman–Crippen MR) is 102 cm³/mol. The molecule has 0 heterocycles. The highest BCUT2D eigenvalue weighted by molar-refractivity contribution is 5.97. The maximum absolute atomic E-state index is 12.7.